The van der Waals surface area contributed by atoms with Gasteiger partial charge in [0.25, 0.3) is 0 Å². The minimum absolute atomic E-state index is 0.161. The van der Waals surface area contributed by atoms with Gasteiger partial charge < -0.3 is 17.2 Å². The molecule has 0 aromatic heterocycles. The third-order valence-electron chi connectivity index (χ3n) is 1.74. The Morgan fingerprint density at radius 1 is 1.10 bits per heavy atom. The van der Waals surface area contributed by atoms with E-state index in [0.717, 1.165) is 19.4 Å². The largest absolute Gasteiger partial charge is 0.330 e. The number of hydrogen-bond donors (Lipinski definition) is 3. The molecule has 0 saturated carbocycles. The van der Waals surface area contributed by atoms with Crippen LogP contribution in [0.15, 0.2) is 0 Å². The highest BCUT2D eigenvalue weighted by Gasteiger charge is 2.02. The molecular weight excluding hydrogens is 126 g/mol. The van der Waals surface area contributed by atoms with E-state index in [1.54, 1.807) is 0 Å². The van der Waals surface area contributed by atoms with Gasteiger partial charge in [0.05, 0.1) is 0 Å². The number of nitrogens with two attached hydrogens (primary N) is 3. The maximum atomic E-state index is 5.61. The fourth-order valence-electron chi connectivity index (χ4n) is 0.734. The van der Waals surface area contributed by atoms with Crippen LogP contribution in [0.1, 0.15) is 19.8 Å². The van der Waals surface area contributed by atoms with E-state index in [4.69, 9.17) is 17.2 Å². The van der Waals surface area contributed by atoms with Crippen LogP contribution in [0.25, 0.3) is 0 Å². The summed E-state index contributed by atoms with van der Waals surface area (Å²) in [5.41, 5.74) is 16.4. The van der Waals surface area contributed by atoms with Gasteiger partial charge in [-0.25, -0.2) is 0 Å². The standard InChI is InChI=1S/C7H19N3/c1-6(4-8)2-3-7(10)5-9/h6-7H,2-5,8-10H2,1H3. The maximum absolute atomic E-state index is 5.61. The average molecular weight is 145 g/mol. The molecule has 2 atom stereocenters. The number of hydrogen-bond acceptors (Lipinski definition) is 3. The minimum Gasteiger partial charge on any atom is -0.330 e. The summed E-state index contributed by atoms with van der Waals surface area (Å²) in [5.74, 6) is 0.581. The molecule has 0 heterocycles. The van der Waals surface area contributed by atoms with Gasteiger partial charge in [0, 0.05) is 12.6 Å². The second-order valence-electron chi connectivity index (χ2n) is 2.91. The molecule has 0 aromatic carbocycles. The van der Waals surface area contributed by atoms with Crippen LogP contribution in [0.4, 0.5) is 0 Å². The van der Waals surface area contributed by atoms with Crippen LogP contribution in [0.2, 0.25) is 0 Å². The molecule has 6 N–H and O–H groups in total. The second-order valence-corrected chi connectivity index (χ2v) is 2.91. The van der Waals surface area contributed by atoms with Crippen molar-refractivity contribution in [2.24, 2.45) is 23.1 Å². The zero-order chi connectivity index (χ0) is 7.98. The molecule has 2 unspecified atom stereocenters. The lowest BCUT2D eigenvalue weighted by Crippen LogP contribution is -2.30. The molecule has 3 heteroatoms. The van der Waals surface area contributed by atoms with E-state index >= 15 is 0 Å². The van der Waals surface area contributed by atoms with Crippen LogP contribution < -0.4 is 17.2 Å². The Balaban J connectivity index is 3.17. The summed E-state index contributed by atoms with van der Waals surface area (Å²) >= 11 is 0. The molecular formula is C7H19N3. The molecule has 62 valence electrons. The molecule has 0 rings (SSSR count). The first kappa shape index (κ1) is 9.88. The highest BCUT2D eigenvalue weighted by molar-refractivity contribution is 4.64. The van der Waals surface area contributed by atoms with E-state index in [-0.39, 0.29) is 6.04 Å². The first-order valence-corrected chi connectivity index (χ1v) is 3.86. The molecule has 0 aliphatic rings. The monoisotopic (exact) mass is 145 g/mol. The van der Waals surface area contributed by atoms with Crippen molar-refractivity contribution in [3.63, 3.8) is 0 Å². The summed E-state index contributed by atoms with van der Waals surface area (Å²) in [6.07, 6.45) is 2.09. The van der Waals surface area contributed by atoms with Crippen molar-refractivity contribution in [2.45, 2.75) is 25.8 Å². The Morgan fingerprint density at radius 3 is 2.10 bits per heavy atom. The SMILES string of the molecule is CC(CN)CCC(N)CN. The normalized spacial score (nSPS) is 16.8. The zero-order valence-corrected chi connectivity index (χ0v) is 6.72. The lowest BCUT2D eigenvalue weighted by Gasteiger charge is -2.11. The molecule has 0 fully saturated rings. The highest BCUT2D eigenvalue weighted by atomic mass is 14.7. The summed E-state index contributed by atoms with van der Waals surface area (Å²) in [4.78, 5) is 0. The summed E-state index contributed by atoms with van der Waals surface area (Å²) in [6.45, 7) is 3.46. The van der Waals surface area contributed by atoms with E-state index in [9.17, 15) is 0 Å². The summed E-state index contributed by atoms with van der Waals surface area (Å²) in [7, 11) is 0. The third-order valence-corrected chi connectivity index (χ3v) is 1.74. The first-order chi connectivity index (χ1) is 4.70. The highest BCUT2D eigenvalue weighted by Crippen LogP contribution is 2.03. The van der Waals surface area contributed by atoms with Crippen molar-refractivity contribution in [2.75, 3.05) is 13.1 Å². The predicted molar refractivity (Wildman–Crippen MR) is 44.5 cm³/mol. The molecule has 3 nitrogen and oxygen atoms in total. The van der Waals surface area contributed by atoms with E-state index in [2.05, 4.69) is 6.92 Å². The Hall–Kier alpha value is -0.120. The fourth-order valence-corrected chi connectivity index (χ4v) is 0.734. The fraction of sp³-hybridized carbons (Fsp3) is 1.00. The van der Waals surface area contributed by atoms with Gasteiger partial charge in [0.2, 0.25) is 0 Å². The molecule has 0 bridgehead atoms. The van der Waals surface area contributed by atoms with Gasteiger partial charge in [0.1, 0.15) is 0 Å². The zero-order valence-electron chi connectivity index (χ0n) is 6.72. The summed E-state index contributed by atoms with van der Waals surface area (Å²) in [5, 5.41) is 0. The molecule has 0 aromatic rings. The maximum Gasteiger partial charge on any atom is 0.0163 e. The summed E-state index contributed by atoms with van der Waals surface area (Å²) < 4.78 is 0. The van der Waals surface area contributed by atoms with Crippen molar-refractivity contribution in [3.05, 3.63) is 0 Å². The molecule has 10 heavy (non-hydrogen) atoms. The Labute approximate surface area is 62.9 Å². The van der Waals surface area contributed by atoms with E-state index in [0.29, 0.717) is 12.5 Å². The van der Waals surface area contributed by atoms with Crippen molar-refractivity contribution < 1.29 is 0 Å². The van der Waals surface area contributed by atoms with Crippen LogP contribution in [0.3, 0.4) is 0 Å². The molecule has 0 radical (unpaired) electrons. The number of rotatable bonds is 5. The van der Waals surface area contributed by atoms with Crippen molar-refractivity contribution in [1.82, 2.24) is 0 Å². The van der Waals surface area contributed by atoms with Crippen LogP contribution in [-0.2, 0) is 0 Å². The van der Waals surface area contributed by atoms with Gasteiger partial charge in [-0.15, -0.1) is 0 Å². The van der Waals surface area contributed by atoms with Crippen LogP contribution in [0, 0.1) is 5.92 Å². The lowest BCUT2D eigenvalue weighted by molar-refractivity contribution is 0.478. The van der Waals surface area contributed by atoms with E-state index in [1.807, 2.05) is 0 Å². The van der Waals surface area contributed by atoms with E-state index in [1.165, 1.54) is 0 Å². The third kappa shape index (κ3) is 4.73. The first-order valence-electron chi connectivity index (χ1n) is 3.86. The molecule has 0 amide bonds. The van der Waals surface area contributed by atoms with Crippen molar-refractivity contribution in [3.8, 4) is 0 Å². The predicted octanol–water partition coefficient (Wildman–Crippen LogP) is -0.353. The summed E-state index contributed by atoms with van der Waals surface area (Å²) in [6, 6.07) is 0.161. The Bertz CT molecular complexity index is 65.3. The van der Waals surface area contributed by atoms with Gasteiger partial charge in [-0.05, 0) is 25.3 Å². The molecule has 0 saturated heterocycles. The Morgan fingerprint density at radius 2 is 1.70 bits per heavy atom. The van der Waals surface area contributed by atoms with Gasteiger partial charge in [-0.2, -0.15) is 0 Å². The second kappa shape index (κ2) is 5.65. The van der Waals surface area contributed by atoms with Gasteiger partial charge >= 0.3 is 0 Å². The van der Waals surface area contributed by atoms with Crippen LogP contribution >= 0.6 is 0 Å². The van der Waals surface area contributed by atoms with Gasteiger partial charge in [-0.1, -0.05) is 6.92 Å². The van der Waals surface area contributed by atoms with Gasteiger partial charge in [-0.3, -0.25) is 0 Å². The van der Waals surface area contributed by atoms with Crippen LogP contribution in [0.5, 0.6) is 0 Å². The van der Waals surface area contributed by atoms with E-state index < -0.39 is 0 Å². The van der Waals surface area contributed by atoms with Crippen molar-refractivity contribution in [1.29, 1.82) is 0 Å². The molecule has 0 spiro atoms. The van der Waals surface area contributed by atoms with Gasteiger partial charge in [0.15, 0.2) is 0 Å². The topological polar surface area (TPSA) is 78.1 Å². The minimum atomic E-state index is 0.161. The van der Waals surface area contributed by atoms with Crippen LogP contribution in [-0.4, -0.2) is 19.1 Å². The van der Waals surface area contributed by atoms with Crippen molar-refractivity contribution >= 4 is 0 Å². The Kier molecular flexibility index (Phi) is 5.58. The lowest BCUT2D eigenvalue weighted by atomic mass is 10.0. The molecule has 0 aliphatic heterocycles. The molecule has 0 aliphatic carbocycles. The quantitative estimate of drug-likeness (QED) is 0.494. The average Bonchev–Trinajstić information content (AvgIpc) is 1.99. The smallest absolute Gasteiger partial charge is 0.0163 e.